The fraction of sp³-hybridized carbons (Fsp3) is 0.455. The van der Waals surface area contributed by atoms with E-state index in [0.717, 1.165) is 43.2 Å². The molecule has 4 nitrogen and oxygen atoms in total. The number of hydrogen-bond donors (Lipinski definition) is 1. The van der Waals surface area contributed by atoms with Crippen molar-refractivity contribution in [2.75, 3.05) is 13.1 Å². The van der Waals surface area contributed by atoms with Gasteiger partial charge in [0.1, 0.15) is 0 Å². The summed E-state index contributed by atoms with van der Waals surface area (Å²) in [6.07, 6.45) is 2.47. The van der Waals surface area contributed by atoms with Crippen LogP contribution in [0.3, 0.4) is 0 Å². The molecule has 0 unspecified atom stereocenters. The Morgan fingerprint density at radius 3 is 2.88 bits per heavy atom. The van der Waals surface area contributed by atoms with Crippen molar-refractivity contribution >= 4 is 0 Å². The average Bonchev–Trinajstić information content (AvgIpc) is 2.77. The number of rotatable bonds is 2. The molecule has 5 heteroatoms. The summed E-state index contributed by atoms with van der Waals surface area (Å²) in [6, 6.07) is 5.82. The first-order valence-electron chi connectivity index (χ1n) is 5.42. The van der Waals surface area contributed by atoms with Gasteiger partial charge in [-0.25, -0.2) is 0 Å². The van der Waals surface area contributed by atoms with Gasteiger partial charge < -0.3 is 0 Å². The van der Waals surface area contributed by atoms with E-state index in [9.17, 15) is 0 Å². The number of fused-ring (bicyclic) bond motifs is 1. The molecule has 0 saturated carbocycles. The van der Waals surface area contributed by atoms with Crippen molar-refractivity contribution in [2.45, 2.75) is 18.9 Å². The summed E-state index contributed by atoms with van der Waals surface area (Å²) in [4.78, 5) is 0. The summed E-state index contributed by atoms with van der Waals surface area (Å²) in [7, 11) is 0. The van der Waals surface area contributed by atoms with Crippen molar-refractivity contribution in [3.63, 3.8) is 0 Å². The van der Waals surface area contributed by atoms with Crippen LogP contribution in [0, 0.1) is 0 Å². The van der Waals surface area contributed by atoms with E-state index >= 15 is 0 Å². The third-order valence-corrected chi connectivity index (χ3v) is 4.04. The number of ether oxygens (including phenoxy) is 1. The van der Waals surface area contributed by atoms with E-state index in [0.29, 0.717) is 6.10 Å². The predicted octanol–water partition coefficient (Wildman–Crippen LogP) is -1.49. The van der Waals surface area contributed by atoms with E-state index in [4.69, 9.17) is 10.9 Å². The van der Waals surface area contributed by atoms with Crippen LogP contribution in [0.1, 0.15) is 12.8 Å². The van der Waals surface area contributed by atoms with Crippen LogP contribution < -0.4 is 38.2 Å². The second-order valence-corrected chi connectivity index (χ2v) is 5.13. The Hall–Kier alpha value is -0.690. The summed E-state index contributed by atoms with van der Waals surface area (Å²) in [5, 5.41) is 3.32. The molecule has 0 amide bonds. The van der Waals surface area contributed by atoms with Gasteiger partial charge in [0.2, 0.25) is 0 Å². The van der Waals surface area contributed by atoms with E-state index in [1.807, 2.05) is 18.2 Å². The second kappa shape index (κ2) is 4.67. The Balaban J connectivity index is 1.69. The monoisotopic (exact) mass is 334 g/mol. The van der Waals surface area contributed by atoms with E-state index in [1.54, 1.807) is 0 Å². The van der Waals surface area contributed by atoms with Gasteiger partial charge in [-0.2, -0.15) is 0 Å². The van der Waals surface area contributed by atoms with Crippen molar-refractivity contribution in [3.05, 3.63) is 18.2 Å². The number of piperidine rings is 1. The zero-order valence-electron chi connectivity index (χ0n) is 8.74. The molecule has 0 aromatic heterocycles. The summed E-state index contributed by atoms with van der Waals surface area (Å²) in [5.41, 5.74) is 0. The molecule has 0 radical (unpaired) electrons. The van der Waals surface area contributed by atoms with E-state index in [-0.39, 0.29) is 0 Å². The molecule has 0 bridgehead atoms. The maximum atomic E-state index is 5.92. The third kappa shape index (κ3) is 2.20. The summed E-state index contributed by atoms with van der Waals surface area (Å²) in [5.74, 6) is 2.57. The maximum absolute atomic E-state index is 5.92. The van der Waals surface area contributed by atoms with Gasteiger partial charge in [-0.3, -0.25) is 0 Å². The van der Waals surface area contributed by atoms with Crippen LogP contribution in [-0.2, 0) is 0 Å². The van der Waals surface area contributed by atoms with Crippen LogP contribution in [0.4, 0.5) is 0 Å². The van der Waals surface area contributed by atoms with Gasteiger partial charge >= 0.3 is 106 Å². The van der Waals surface area contributed by atoms with Gasteiger partial charge in [-0.15, -0.1) is 0 Å². The zero-order chi connectivity index (χ0) is 10.8. The van der Waals surface area contributed by atoms with Crippen LogP contribution in [0.5, 0.6) is 17.2 Å². The first kappa shape index (κ1) is 10.5. The number of halogens is 1. The van der Waals surface area contributed by atoms with Crippen molar-refractivity contribution in [1.82, 2.24) is 5.32 Å². The molecule has 1 aromatic carbocycles. The molecule has 1 fully saturated rings. The van der Waals surface area contributed by atoms with Crippen LogP contribution in [0.15, 0.2) is 18.2 Å². The molecule has 1 aromatic rings. The molecule has 0 aliphatic carbocycles. The van der Waals surface area contributed by atoms with Crippen molar-refractivity contribution in [2.24, 2.45) is 0 Å². The summed E-state index contributed by atoms with van der Waals surface area (Å²) >= 11 is -0.587. The molecule has 2 aliphatic heterocycles. The molecule has 2 heterocycles. The summed E-state index contributed by atoms with van der Waals surface area (Å²) in [6.45, 7) is 2.08. The van der Waals surface area contributed by atoms with Crippen LogP contribution in [-0.4, -0.2) is 19.2 Å². The molecular formula is C11H13INO3-. The Labute approximate surface area is 106 Å². The number of hydrogen-bond acceptors (Lipinski definition) is 4. The van der Waals surface area contributed by atoms with Crippen molar-refractivity contribution < 1.29 is 32.9 Å². The van der Waals surface area contributed by atoms with Crippen LogP contribution in [0.2, 0.25) is 0 Å². The van der Waals surface area contributed by atoms with Crippen LogP contribution in [0.25, 0.3) is 0 Å². The molecule has 0 atom stereocenters. The van der Waals surface area contributed by atoms with E-state index < -0.39 is 22.0 Å². The predicted molar refractivity (Wildman–Crippen MR) is 54.2 cm³/mol. The van der Waals surface area contributed by atoms with Gasteiger partial charge in [0, 0.05) is 0 Å². The minimum atomic E-state index is -0.587. The zero-order valence-corrected chi connectivity index (χ0v) is 10.9. The molecule has 2 aliphatic rings. The normalized spacial score (nSPS) is 20.2. The Bertz CT molecular complexity index is 379. The number of nitrogens with one attached hydrogen (secondary N) is 1. The van der Waals surface area contributed by atoms with Gasteiger partial charge in [0.25, 0.3) is 0 Å². The minimum absolute atomic E-state index is 0.330. The van der Waals surface area contributed by atoms with Crippen molar-refractivity contribution in [1.29, 1.82) is 0 Å². The molecule has 1 saturated heterocycles. The standard InChI is InChI=1S/C11H13INO3/c1-2-10-11(16-12-15-10)7-9(1)14-8-3-5-13-6-4-8/h1-2,7-8,13H,3-6H2/q-1. The van der Waals surface area contributed by atoms with Gasteiger partial charge in [-0.05, 0) is 0 Å². The van der Waals surface area contributed by atoms with Gasteiger partial charge in [0.05, 0.1) is 0 Å². The Morgan fingerprint density at radius 2 is 2.00 bits per heavy atom. The van der Waals surface area contributed by atoms with E-state index in [2.05, 4.69) is 5.32 Å². The van der Waals surface area contributed by atoms with Gasteiger partial charge in [0.15, 0.2) is 0 Å². The molecule has 0 spiro atoms. The number of benzene rings is 1. The molecule has 88 valence electrons. The third-order valence-electron chi connectivity index (χ3n) is 2.73. The second-order valence-electron chi connectivity index (χ2n) is 3.89. The summed E-state index contributed by atoms with van der Waals surface area (Å²) < 4.78 is 16.7. The SMILES string of the molecule is c1cc2c(cc1OC1CCNCC1)O[I-]O2. The Kier molecular flexibility index (Phi) is 3.05. The molecule has 16 heavy (non-hydrogen) atoms. The molecular weight excluding hydrogens is 321 g/mol. The van der Waals surface area contributed by atoms with Gasteiger partial charge in [-0.1, -0.05) is 0 Å². The average molecular weight is 334 g/mol. The fourth-order valence-electron chi connectivity index (χ4n) is 1.88. The Morgan fingerprint density at radius 1 is 1.19 bits per heavy atom. The molecule has 1 N–H and O–H groups in total. The van der Waals surface area contributed by atoms with Crippen molar-refractivity contribution in [3.8, 4) is 17.2 Å². The first-order valence-corrected chi connectivity index (χ1v) is 7.18. The first-order chi connectivity index (χ1) is 7.92. The van der Waals surface area contributed by atoms with E-state index in [1.165, 1.54) is 0 Å². The molecule has 3 rings (SSSR count). The van der Waals surface area contributed by atoms with Crippen LogP contribution >= 0.6 is 0 Å². The quantitative estimate of drug-likeness (QED) is 0.669. The topological polar surface area (TPSA) is 39.7 Å². The fourth-order valence-corrected chi connectivity index (χ4v) is 3.06.